The molecule has 0 aliphatic rings. The summed E-state index contributed by atoms with van der Waals surface area (Å²) in [6, 6.07) is 9.25. The van der Waals surface area contributed by atoms with E-state index < -0.39 is 0 Å². The van der Waals surface area contributed by atoms with Gasteiger partial charge in [-0.3, -0.25) is 0 Å². The van der Waals surface area contributed by atoms with Gasteiger partial charge in [-0.05, 0) is 46.1 Å². The van der Waals surface area contributed by atoms with Gasteiger partial charge < -0.3 is 4.74 Å². The first kappa shape index (κ1) is 16.0. The molecule has 0 radical (unpaired) electrons. The van der Waals surface area contributed by atoms with Gasteiger partial charge in [-0.2, -0.15) is 0 Å². The van der Waals surface area contributed by atoms with Crippen molar-refractivity contribution in [2.75, 3.05) is 7.11 Å². The van der Waals surface area contributed by atoms with Crippen molar-refractivity contribution >= 4 is 47.8 Å². The number of hydrogen-bond acceptors (Lipinski definition) is 1. The van der Waals surface area contributed by atoms with Crippen molar-refractivity contribution in [1.82, 2.24) is 0 Å². The summed E-state index contributed by atoms with van der Waals surface area (Å²) in [6.45, 7) is 2.03. The molecule has 0 amide bonds. The molecule has 106 valence electrons. The van der Waals surface area contributed by atoms with Gasteiger partial charge in [-0.25, -0.2) is 4.39 Å². The molecule has 20 heavy (non-hydrogen) atoms. The average Bonchev–Trinajstić information content (AvgIpc) is 2.40. The van der Waals surface area contributed by atoms with Gasteiger partial charge in [0.05, 0.1) is 16.4 Å². The van der Waals surface area contributed by atoms with Crippen LogP contribution in [0.3, 0.4) is 0 Å². The van der Waals surface area contributed by atoms with Gasteiger partial charge >= 0.3 is 0 Å². The molecular weight excluding hydrogens is 455 g/mol. The second kappa shape index (κ2) is 6.58. The largest absolute Gasteiger partial charge is 0.496 e. The fourth-order valence-electron chi connectivity index (χ4n) is 1.92. The number of rotatable bonds is 3. The third-order valence-electron chi connectivity index (χ3n) is 2.97. The molecule has 1 nitrogen and oxygen atoms in total. The minimum absolute atomic E-state index is 0.0932. The summed E-state index contributed by atoms with van der Waals surface area (Å²) >= 11 is 10.5. The first-order valence-corrected chi connectivity index (χ1v) is 8.37. The Kier molecular flexibility index (Phi) is 5.26. The lowest BCUT2D eigenvalue weighted by Crippen LogP contribution is -1.99. The molecule has 0 spiro atoms. The van der Waals surface area contributed by atoms with Gasteiger partial charge in [0, 0.05) is 16.1 Å². The smallest absolute Gasteiger partial charge is 0.141 e. The van der Waals surface area contributed by atoms with E-state index in [2.05, 4.69) is 53.9 Å². The maximum Gasteiger partial charge on any atom is 0.141 e. The maximum absolute atomic E-state index is 13.6. The Morgan fingerprint density at radius 3 is 2.35 bits per heavy atom. The lowest BCUT2D eigenvalue weighted by atomic mass is 10.0. The third-order valence-corrected chi connectivity index (χ3v) is 5.26. The van der Waals surface area contributed by atoms with E-state index in [4.69, 9.17) is 4.74 Å². The summed E-state index contributed by atoms with van der Waals surface area (Å²) in [5, 5.41) is 0. The maximum atomic E-state index is 13.6. The van der Waals surface area contributed by atoms with Crippen molar-refractivity contribution in [2.24, 2.45) is 0 Å². The zero-order valence-corrected chi connectivity index (χ0v) is 15.6. The molecule has 0 N–H and O–H groups in total. The van der Waals surface area contributed by atoms with Crippen LogP contribution in [0.25, 0.3) is 0 Å². The number of methoxy groups -OCH3 is 1. The van der Waals surface area contributed by atoms with E-state index in [-0.39, 0.29) is 10.6 Å². The summed E-state index contributed by atoms with van der Waals surface area (Å²) in [4.78, 5) is -0.0932. The molecule has 2 rings (SSSR count). The summed E-state index contributed by atoms with van der Waals surface area (Å²) in [5.74, 6) is 0.174. The summed E-state index contributed by atoms with van der Waals surface area (Å²) in [7, 11) is 1.54. The Hall–Kier alpha value is -0.390. The highest BCUT2D eigenvalue weighted by Gasteiger charge is 2.19. The van der Waals surface area contributed by atoms with Crippen LogP contribution in [0.5, 0.6) is 5.75 Å². The van der Waals surface area contributed by atoms with Crippen LogP contribution in [0.15, 0.2) is 39.3 Å². The Bertz CT molecular complexity index is 643. The molecular formula is C15H12Br3FO. The predicted octanol–water partition coefficient (Wildman–Crippen LogP) is 6.15. The fraction of sp³-hybridized carbons (Fsp3) is 0.200. The molecule has 0 aliphatic heterocycles. The van der Waals surface area contributed by atoms with Crippen molar-refractivity contribution in [3.8, 4) is 5.75 Å². The van der Waals surface area contributed by atoms with Gasteiger partial charge in [0.25, 0.3) is 0 Å². The van der Waals surface area contributed by atoms with Crippen molar-refractivity contribution < 1.29 is 9.13 Å². The number of aryl methyl sites for hydroxylation is 1. The van der Waals surface area contributed by atoms with E-state index in [0.717, 1.165) is 15.6 Å². The first-order valence-electron chi connectivity index (χ1n) is 5.87. The summed E-state index contributed by atoms with van der Waals surface area (Å²) in [6.07, 6.45) is 0. The second-order valence-corrected chi connectivity index (χ2v) is 7.02. The highest BCUT2D eigenvalue weighted by atomic mass is 79.9. The highest BCUT2D eigenvalue weighted by Crippen LogP contribution is 2.41. The average molecular weight is 467 g/mol. The summed E-state index contributed by atoms with van der Waals surface area (Å²) in [5.41, 5.74) is 3.10. The van der Waals surface area contributed by atoms with Crippen molar-refractivity contribution in [2.45, 2.75) is 11.8 Å². The lowest BCUT2D eigenvalue weighted by molar-refractivity contribution is 0.406. The van der Waals surface area contributed by atoms with Crippen LogP contribution < -0.4 is 4.74 Å². The van der Waals surface area contributed by atoms with E-state index in [1.165, 1.54) is 18.7 Å². The van der Waals surface area contributed by atoms with Crippen molar-refractivity contribution in [3.05, 3.63) is 61.8 Å². The Morgan fingerprint density at radius 1 is 1.05 bits per heavy atom. The number of halogens is 4. The molecule has 0 saturated carbocycles. The quantitative estimate of drug-likeness (QED) is 0.493. The van der Waals surface area contributed by atoms with E-state index in [1.807, 2.05) is 19.1 Å². The molecule has 0 fully saturated rings. The minimum atomic E-state index is -0.340. The van der Waals surface area contributed by atoms with Gasteiger partial charge in [0.1, 0.15) is 11.6 Å². The minimum Gasteiger partial charge on any atom is -0.496 e. The van der Waals surface area contributed by atoms with Crippen LogP contribution in [-0.2, 0) is 0 Å². The first-order chi connectivity index (χ1) is 9.43. The number of alkyl halides is 1. The van der Waals surface area contributed by atoms with Crippen molar-refractivity contribution in [3.63, 3.8) is 0 Å². The number of ether oxygens (including phenoxy) is 1. The number of benzene rings is 2. The Morgan fingerprint density at radius 2 is 1.75 bits per heavy atom. The second-order valence-electron chi connectivity index (χ2n) is 4.40. The van der Waals surface area contributed by atoms with Crippen LogP contribution >= 0.6 is 47.8 Å². The highest BCUT2D eigenvalue weighted by molar-refractivity contribution is 9.11. The van der Waals surface area contributed by atoms with E-state index in [1.54, 1.807) is 6.07 Å². The molecule has 0 saturated heterocycles. The van der Waals surface area contributed by atoms with Crippen LogP contribution in [-0.4, -0.2) is 7.11 Å². The molecule has 1 unspecified atom stereocenters. The zero-order chi connectivity index (χ0) is 14.9. The molecule has 0 heterocycles. The molecule has 0 bridgehead atoms. The molecule has 2 aromatic carbocycles. The lowest BCUT2D eigenvalue weighted by Gasteiger charge is -2.17. The fourth-order valence-corrected chi connectivity index (χ4v) is 4.07. The summed E-state index contributed by atoms with van der Waals surface area (Å²) < 4.78 is 20.3. The van der Waals surface area contributed by atoms with Crippen LogP contribution in [0.1, 0.15) is 21.5 Å². The van der Waals surface area contributed by atoms with E-state index >= 15 is 0 Å². The molecule has 0 aromatic heterocycles. The Balaban J connectivity index is 2.52. The van der Waals surface area contributed by atoms with Gasteiger partial charge in [0.2, 0.25) is 0 Å². The third kappa shape index (κ3) is 3.26. The Labute approximate surface area is 142 Å². The monoisotopic (exact) mass is 464 g/mol. The van der Waals surface area contributed by atoms with E-state index in [0.29, 0.717) is 10.2 Å². The van der Waals surface area contributed by atoms with Gasteiger partial charge in [-0.1, -0.05) is 44.0 Å². The zero-order valence-electron chi connectivity index (χ0n) is 10.9. The van der Waals surface area contributed by atoms with E-state index in [9.17, 15) is 4.39 Å². The molecule has 0 aliphatic carbocycles. The predicted molar refractivity (Wildman–Crippen MR) is 90.3 cm³/mol. The molecule has 1 atom stereocenters. The van der Waals surface area contributed by atoms with Gasteiger partial charge in [0.15, 0.2) is 0 Å². The van der Waals surface area contributed by atoms with Crippen LogP contribution in [0.2, 0.25) is 0 Å². The normalized spacial score (nSPS) is 12.3. The SMILES string of the molecule is COc1cc(F)c(Br)cc1C(Br)c1ccc(C)cc1Br. The topological polar surface area (TPSA) is 9.23 Å². The molecule has 2 aromatic rings. The van der Waals surface area contributed by atoms with Crippen LogP contribution in [0.4, 0.5) is 4.39 Å². The standard InChI is InChI=1S/C15H12Br3FO/c1-8-3-4-9(11(16)5-8)15(18)10-6-12(17)13(19)7-14(10)20-2/h3-7,15H,1-2H3. The number of hydrogen-bond donors (Lipinski definition) is 0. The van der Waals surface area contributed by atoms with Gasteiger partial charge in [-0.15, -0.1) is 0 Å². The molecule has 5 heteroatoms. The van der Waals surface area contributed by atoms with Crippen molar-refractivity contribution in [1.29, 1.82) is 0 Å². The van der Waals surface area contributed by atoms with Crippen LogP contribution in [0, 0.1) is 12.7 Å².